The van der Waals surface area contributed by atoms with Gasteiger partial charge in [-0.15, -0.1) is 0 Å². The first kappa shape index (κ1) is 20.1. The van der Waals surface area contributed by atoms with E-state index in [-0.39, 0.29) is 0 Å². The third kappa shape index (κ3) is 4.45. The van der Waals surface area contributed by atoms with Gasteiger partial charge in [0.15, 0.2) is 11.2 Å². The lowest BCUT2D eigenvalue weighted by Gasteiger charge is -2.26. The van der Waals surface area contributed by atoms with E-state index in [4.69, 9.17) is 19.4 Å². The maximum absolute atomic E-state index is 6.09. The Hall–Kier alpha value is -3.78. The molecule has 4 aromatic rings. The molecule has 1 aliphatic rings. The molecule has 0 saturated carbocycles. The van der Waals surface area contributed by atoms with E-state index >= 15 is 0 Å². The molecule has 0 atom stereocenters. The Labute approximate surface area is 186 Å². The molecule has 0 unspecified atom stereocenters. The highest BCUT2D eigenvalue weighted by molar-refractivity contribution is 5.82. The molecule has 5 rings (SSSR count). The third-order valence-corrected chi connectivity index (χ3v) is 5.22. The number of anilines is 1. The summed E-state index contributed by atoms with van der Waals surface area (Å²) in [5.41, 5.74) is 4.43. The average Bonchev–Trinajstić information content (AvgIpc) is 3.25. The van der Waals surface area contributed by atoms with Crippen molar-refractivity contribution in [1.82, 2.24) is 19.6 Å². The van der Waals surface area contributed by atoms with Gasteiger partial charge in [0, 0.05) is 13.1 Å². The summed E-state index contributed by atoms with van der Waals surface area (Å²) in [6.45, 7) is 5.20. The molecule has 1 fully saturated rings. The summed E-state index contributed by atoms with van der Waals surface area (Å²) >= 11 is 0. The zero-order valence-corrected chi connectivity index (χ0v) is 17.9. The van der Waals surface area contributed by atoms with E-state index in [0.29, 0.717) is 42.8 Å². The number of morpholine rings is 1. The second-order valence-corrected chi connectivity index (χ2v) is 7.62. The Kier molecular flexibility index (Phi) is 5.76. The van der Waals surface area contributed by atoms with Crippen LogP contribution in [0.4, 0.5) is 5.95 Å². The monoisotopic (exact) mass is 428 g/mol. The largest absolute Gasteiger partial charge is 0.471 e. The van der Waals surface area contributed by atoms with Gasteiger partial charge in [-0.2, -0.15) is 15.1 Å². The lowest BCUT2D eigenvalue weighted by atomic mass is 10.2. The predicted molar refractivity (Wildman–Crippen MR) is 123 cm³/mol. The molecule has 0 aliphatic carbocycles. The lowest BCUT2D eigenvalue weighted by Crippen LogP contribution is -2.37. The number of benzene rings is 2. The van der Waals surface area contributed by atoms with Crippen molar-refractivity contribution < 1.29 is 9.47 Å². The first-order valence-corrected chi connectivity index (χ1v) is 10.6. The van der Waals surface area contributed by atoms with Gasteiger partial charge in [-0.25, -0.2) is 9.66 Å². The van der Waals surface area contributed by atoms with E-state index in [1.165, 1.54) is 5.56 Å². The number of fused-ring (bicyclic) bond motifs is 1. The van der Waals surface area contributed by atoms with Crippen LogP contribution in [0.25, 0.3) is 11.2 Å². The zero-order chi connectivity index (χ0) is 21.8. The molecule has 2 aromatic heterocycles. The van der Waals surface area contributed by atoms with Crippen LogP contribution >= 0.6 is 0 Å². The van der Waals surface area contributed by atoms with Crippen LogP contribution < -0.4 is 9.64 Å². The Morgan fingerprint density at radius 1 is 1.06 bits per heavy atom. The summed E-state index contributed by atoms with van der Waals surface area (Å²) in [7, 11) is 0. The van der Waals surface area contributed by atoms with E-state index in [1.807, 2.05) is 42.5 Å². The van der Waals surface area contributed by atoms with Crippen LogP contribution in [0.3, 0.4) is 0 Å². The third-order valence-electron chi connectivity index (χ3n) is 5.22. The van der Waals surface area contributed by atoms with Crippen molar-refractivity contribution in [3.05, 3.63) is 77.6 Å². The van der Waals surface area contributed by atoms with Gasteiger partial charge in [0.25, 0.3) is 0 Å². The van der Waals surface area contributed by atoms with Crippen LogP contribution in [0, 0.1) is 6.92 Å². The molecule has 1 aliphatic heterocycles. The predicted octanol–water partition coefficient (Wildman–Crippen LogP) is 3.43. The summed E-state index contributed by atoms with van der Waals surface area (Å²) in [5, 5.41) is 4.59. The fourth-order valence-corrected chi connectivity index (χ4v) is 3.55. The van der Waals surface area contributed by atoms with E-state index in [1.54, 1.807) is 17.2 Å². The van der Waals surface area contributed by atoms with Crippen molar-refractivity contribution in [3.8, 4) is 5.88 Å². The molecule has 3 heterocycles. The van der Waals surface area contributed by atoms with Gasteiger partial charge in [-0.3, -0.25) is 0 Å². The smallest absolute Gasteiger partial charge is 0.247 e. The molecule has 162 valence electrons. The van der Waals surface area contributed by atoms with Gasteiger partial charge in [-0.1, -0.05) is 60.2 Å². The summed E-state index contributed by atoms with van der Waals surface area (Å²) in [5.74, 6) is 1.04. The Bertz CT molecular complexity index is 1230. The normalized spacial score (nSPS) is 14.3. The van der Waals surface area contributed by atoms with Crippen molar-refractivity contribution in [3.63, 3.8) is 0 Å². The van der Waals surface area contributed by atoms with Crippen molar-refractivity contribution in [2.24, 2.45) is 5.10 Å². The Morgan fingerprint density at radius 2 is 1.91 bits per heavy atom. The Balaban J connectivity index is 1.51. The molecule has 8 nitrogen and oxygen atoms in total. The second kappa shape index (κ2) is 9.15. The molecule has 32 heavy (non-hydrogen) atoms. The quantitative estimate of drug-likeness (QED) is 0.438. The van der Waals surface area contributed by atoms with Crippen molar-refractivity contribution >= 4 is 23.3 Å². The van der Waals surface area contributed by atoms with Gasteiger partial charge in [-0.05, 0) is 18.1 Å². The summed E-state index contributed by atoms with van der Waals surface area (Å²) in [6.07, 6.45) is 3.44. The van der Waals surface area contributed by atoms with Gasteiger partial charge in [0.1, 0.15) is 12.9 Å². The first-order chi connectivity index (χ1) is 15.8. The molecule has 0 spiro atoms. The maximum atomic E-state index is 6.09. The number of hydrogen-bond donors (Lipinski definition) is 0. The number of imidazole rings is 1. The van der Waals surface area contributed by atoms with Gasteiger partial charge in [0.05, 0.1) is 19.4 Å². The number of hydrogen-bond acceptors (Lipinski definition) is 7. The van der Waals surface area contributed by atoms with E-state index in [2.05, 4.69) is 34.0 Å². The molecule has 0 radical (unpaired) electrons. The summed E-state index contributed by atoms with van der Waals surface area (Å²) < 4.78 is 13.2. The molecule has 1 saturated heterocycles. The highest BCUT2D eigenvalue weighted by Crippen LogP contribution is 2.25. The van der Waals surface area contributed by atoms with Crippen LogP contribution in [0.5, 0.6) is 5.88 Å². The standard InChI is InChI=1S/C24H24N6O2/c1-18-6-5-9-20(14-18)15-26-30-17-25-21-22(30)27-24(29-10-12-31-13-11-29)28-23(21)32-16-19-7-3-2-4-8-19/h2-9,14-15,17H,10-13,16H2,1H3/b26-15+. The van der Waals surface area contributed by atoms with Crippen molar-refractivity contribution in [2.45, 2.75) is 13.5 Å². The fourth-order valence-electron chi connectivity index (χ4n) is 3.55. The van der Waals surface area contributed by atoms with Crippen LogP contribution in [0.15, 0.2) is 66.0 Å². The van der Waals surface area contributed by atoms with Crippen LogP contribution in [0.1, 0.15) is 16.7 Å². The molecular formula is C24H24N6O2. The minimum absolute atomic E-state index is 0.398. The molecule has 8 heteroatoms. The average molecular weight is 428 g/mol. The van der Waals surface area contributed by atoms with Crippen LogP contribution in [-0.4, -0.2) is 52.1 Å². The van der Waals surface area contributed by atoms with Gasteiger partial charge < -0.3 is 14.4 Å². The summed E-state index contributed by atoms with van der Waals surface area (Å²) in [6, 6.07) is 18.2. The minimum Gasteiger partial charge on any atom is -0.471 e. The Morgan fingerprint density at radius 3 is 2.72 bits per heavy atom. The first-order valence-electron chi connectivity index (χ1n) is 10.6. The molecule has 2 aromatic carbocycles. The maximum Gasteiger partial charge on any atom is 0.247 e. The molecular weight excluding hydrogens is 404 g/mol. The SMILES string of the molecule is Cc1cccc(/C=N/n2cnc3c(OCc4ccccc4)nc(N4CCOCC4)nc32)c1. The number of aryl methyl sites for hydroxylation is 1. The van der Waals surface area contributed by atoms with E-state index < -0.39 is 0 Å². The minimum atomic E-state index is 0.398. The number of rotatable bonds is 6. The number of nitrogens with zero attached hydrogens (tertiary/aromatic N) is 6. The zero-order valence-electron chi connectivity index (χ0n) is 17.9. The van der Waals surface area contributed by atoms with E-state index in [0.717, 1.165) is 24.2 Å². The fraction of sp³-hybridized carbons (Fsp3) is 0.250. The number of aromatic nitrogens is 4. The number of ether oxygens (including phenoxy) is 2. The van der Waals surface area contributed by atoms with E-state index in [9.17, 15) is 0 Å². The van der Waals surface area contributed by atoms with Crippen LogP contribution in [0.2, 0.25) is 0 Å². The van der Waals surface area contributed by atoms with Crippen LogP contribution in [-0.2, 0) is 11.3 Å². The van der Waals surface area contributed by atoms with Gasteiger partial charge in [0.2, 0.25) is 11.8 Å². The molecule has 0 N–H and O–H groups in total. The second-order valence-electron chi connectivity index (χ2n) is 7.62. The van der Waals surface area contributed by atoms with Crippen molar-refractivity contribution in [1.29, 1.82) is 0 Å². The van der Waals surface area contributed by atoms with Crippen molar-refractivity contribution in [2.75, 3.05) is 31.2 Å². The molecule has 0 bridgehead atoms. The van der Waals surface area contributed by atoms with Gasteiger partial charge >= 0.3 is 0 Å². The highest BCUT2D eigenvalue weighted by Gasteiger charge is 2.20. The summed E-state index contributed by atoms with van der Waals surface area (Å²) in [4.78, 5) is 16.1. The highest BCUT2D eigenvalue weighted by atomic mass is 16.5. The topological polar surface area (TPSA) is 77.7 Å². The lowest BCUT2D eigenvalue weighted by molar-refractivity contribution is 0.122. The molecule has 0 amide bonds.